The van der Waals surface area contributed by atoms with Crippen molar-refractivity contribution in [3.63, 3.8) is 0 Å². The van der Waals surface area contributed by atoms with Gasteiger partial charge in [-0.3, -0.25) is 14.9 Å². The molecule has 1 aromatic carbocycles. The summed E-state index contributed by atoms with van der Waals surface area (Å²) < 4.78 is 9.95. The average molecular weight is 233 g/mol. The monoisotopic (exact) mass is 233 g/mol. The number of amides is 2. The highest BCUT2D eigenvalue weighted by Gasteiger charge is 2.32. The Morgan fingerprint density at radius 3 is 2.12 bits per heavy atom. The first kappa shape index (κ1) is 11.2. The Kier molecular flexibility index (Phi) is 2.82. The van der Waals surface area contributed by atoms with E-state index in [1.807, 2.05) is 0 Å². The van der Waals surface area contributed by atoms with E-state index >= 15 is 0 Å². The fraction of sp³-hybridized carbons (Fsp3) is 0.167. The van der Waals surface area contributed by atoms with E-state index in [1.165, 1.54) is 7.11 Å². The normalized spacial score (nSPS) is 14.9. The molecule has 0 spiro atoms. The van der Waals surface area contributed by atoms with Crippen molar-refractivity contribution >= 4 is 17.4 Å². The number of benzene rings is 1. The van der Waals surface area contributed by atoms with Gasteiger partial charge in [0.1, 0.15) is 5.75 Å². The molecule has 0 bridgehead atoms. The molecule has 0 aromatic heterocycles. The third kappa shape index (κ3) is 1.87. The third-order valence-electron chi connectivity index (χ3n) is 2.47. The molecule has 1 aliphatic rings. The highest BCUT2D eigenvalue weighted by Crippen LogP contribution is 2.25. The highest BCUT2D eigenvalue weighted by molar-refractivity contribution is 6.35. The van der Waals surface area contributed by atoms with Crippen molar-refractivity contribution in [3.05, 3.63) is 35.6 Å². The lowest BCUT2D eigenvalue weighted by Gasteiger charge is -2.04. The van der Waals surface area contributed by atoms with Gasteiger partial charge in [0.05, 0.1) is 19.8 Å². The standard InChI is InChI=1S/C12H11NO4/c1-16-8-5-3-7(4-6-8)9-10(17-2)12(15)13-11(9)14/h3-6H,1-2H3,(H,13,14,15). The van der Waals surface area contributed by atoms with Gasteiger partial charge in [0.15, 0.2) is 5.76 Å². The van der Waals surface area contributed by atoms with E-state index in [0.717, 1.165) is 0 Å². The van der Waals surface area contributed by atoms with Crippen molar-refractivity contribution in [2.24, 2.45) is 0 Å². The maximum absolute atomic E-state index is 11.6. The van der Waals surface area contributed by atoms with Crippen LogP contribution in [0.4, 0.5) is 0 Å². The molecule has 0 saturated heterocycles. The summed E-state index contributed by atoms with van der Waals surface area (Å²) in [6.45, 7) is 0. The molecule has 0 unspecified atom stereocenters. The van der Waals surface area contributed by atoms with Crippen molar-refractivity contribution in [2.75, 3.05) is 14.2 Å². The molecular weight excluding hydrogens is 222 g/mol. The molecular formula is C12H11NO4. The summed E-state index contributed by atoms with van der Waals surface area (Å²) in [5, 5.41) is 2.19. The van der Waals surface area contributed by atoms with E-state index in [1.54, 1.807) is 31.4 Å². The fourth-order valence-corrected chi connectivity index (χ4v) is 1.65. The average Bonchev–Trinajstić information content (AvgIpc) is 2.63. The van der Waals surface area contributed by atoms with Gasteiger partial charge < -0.3 is 9.47 Å². The van der Waals surface area contributed by atoms with Crippen LogP contribution in [0.2, 0.25) is 0 Å². The van der Waals surface area contributed by atoms with Gasteiger partial charge in [-0.1, -0.05) is 12.1 Å². The van der Waals surface area contributed by atoms with Crippen molar-refractivity contribution in [1.29, 1.82) is 0 Å². The summed E-state index contributed by atoms with van der Waals surface area (Å²) >= 11 is 0. The van der Waals surface area contributed by atoms with Gasteiger partial charge in [0, 0.05) is 0 Å². The van der Waals surface area contributed by atoms with Crippen LogP contribution in [-0.4, -0.2) is 26.0 Å². The maximum atomic E-state index is 11.6. The minimum Gasteiger partial charge on any atom is -0.497 e. The van der Waals surface area contributed by atoms with Gasteiger partial charge in [-0.25, -0.2) is 0 Å². The number of methoxy groups -OCH3 is 2. The molecule has 0 aliphatic carbocycles. The number of hydrogen-bond donors (Lipinski definition) is 1. The zero-order valence-corrected chi connectivity index (χ0v) is 9.44. The Morgan fingerprint density at radius 2 is 1.59 bits per heavy atom. The second kappa shape index (κ2) is 4.29. The molecule has 17 heavy (non-hydrogen) atoms. The summed E-state index contributed by atoms with van der Waals surface area (Å²) in [7, 11) is 2.91. The van der Waals surface area contributed by atoms with Crippen LogP contribution in [0.15, 0.2) is 30.0 Å². The Bertz CT molecular complexity index is 502. The molecule has 1 aliphatic heterocycles. The molecule has 2 rings (SSSR count). The molecule has 5 heteroatoms. The minimum atomic E-state index is -0.511. The van der Waals surface area contributed by atoms with Gasteiger partial charge in [0.2, 0.25) is 0 Å². The van der Waals surface area contributed by atoms with E-state index in [9.17, 15) is 9.59 Å². The van der Waals surface area contributed by atoms with E-state index in [0.29, 0.717) is 11.3 Å². The summed E-state index contributed by atoms with van der Waals surface area (Å²) in [5.74, 6) is -0.237. The summed E-state index contributed by atoms with van der Waals surface area (Å²) in [5.41, 5.74) is 0.867. The molecule has 0 saturated carbocycles. The SMILES string of the molecule is COC1=C(c2ccc(OC)cc2)C(=O)NC1=O. The summed E-state index contributed by atoms with van der Waals surface area (Å²) in [6, 6.07) is 6.83. The van der Waals surface area contributed by atoms with Gasteiger partial charge in [-0.15, -0.1) is 0 Å². The van der Waals surface area contributed by atoms with Gasteiger partial charge >= 0.3 is 0 Å². The van der Waals surface area contributed by atoms with Crippen LogP contribution in [0.1, 0.15) is 5.56 Å². The van der Waals surface area contributed by atoms with Crippen molar-refractivity contribution < 1.29 is 19.1 Å². The third-order valence-corrected chi connectivity index (χ3v) is 2.47. The molecule has 5 nitrogen and oxygen atoms in total. The van der Waals surface area contributed by atoms with Crippen LogP contribution >= 0.6 is 0 Å². The lowest BCUT2D eigenvalue weighted by atomic mass is 10.1. The zero-order chi connectivity index (χ0) is 12.4. The fourth-order valence-electron chi connectivity index (χ4n) is 1.65. The van der Waals surface area contributed by atoms with E-state index < -0.39 is 11.8 Å². The van der Waals surface area contributed by atoms with Crippen LogP contribution in [0, 0.1) is 0 Å². The predicted molar refractivity (Wildman–Crippen MR) is 60.1 cm³/mol. The van der Waals surface area contributed by atoms with Gasteiger partial charge in [-0.2, -0.15) is 0 Å². The maximum Gasteiger partial charge on any atom is 0.294 e. The second-order valence-electron chi connectivity index (χ2n) is 3.42. The van der Waals surface area contributed by atoms with Gasteiger partial charge in [0.25, 0.3) is 11.8 Å². The van der Waals surface area contributed by atoms with Crippen molar-refractivity contribution in [1.82, 2.24) is 5.32 Å². The van der Waals surface area contributed by atoms with Crippen LogP contribution in [0.25, 0.3) is 5.57 Å². The molecule has 1 heterocycles. The Hall–Kier alpha value is -2.30. The van der Waals surface area contributed by atoms with Crippen LogP contribution in [-0.2, 0) is 14.3 Å². The number of hydrogen-bond acceptors (Lipinski definition) is 4. The molecule has 0 atom stereocenters. The van der Waals surface area contributed by atoms with E-state index in [-0.39, 0.29) is 11.3 Å². The number of rotatable bonds is 3. The van der Waals surface area contributed by atoms with Crippen molar-refractivity contribution in [3.8, 4) is 5.75 Å². The van der Waals surface area contributed by atoms with E-state index in [4.69, 9.17) is 9.47 Å². The number of ether oxygens (including phenoxy) is 2. The first-order chi connectivity index (χ1) is 8.17. The first-order valence-electron chi connectivity index (χ1n) is 4.95. The molecule has 0 fully saturated rings. The second-order valence-corrected chi connectivity index (χ2v) is 3.42. The Labute approximate surface area is 98.0 Å². The number of carbonyl (C=O) groups excluding carboxylic acids is 2. The van der Waals surface area contributed by atoms with Crippen LogP contribution in [0.3, 0.4) is 0 Å². The number of carbonyl (C=O) groups is 2. The Balaban J connectivity index is 2.46. The van der Waals surface area contributed by atoms with Crippen LogP contribution < -0.4 is 10.1 Å². The molecule has 0 radical (unpaired) electrons. The minimum absolute atomic E-state index is 0.0418. The molecule has 2 amide bonds. The largest absolute Gasteiger partial charge is 0.497 e. The van der Waals surface area contributed by atoms with E-state index in [2.05, 4.69) is 5.32 Å². The quantitative estimate of drug-likeness (QED) is 0.781. The summed E-state index contributed by atoms with van der Waals surface area (Å²) in [4.78, 5) is 23.0. The lowest BCUT2D eigenvalue weighted by Crippen LogP contribution is -2.23. The van der Waals surface area contributed by atoms with Gasteiger partial charge in [-0.05, 0) is 17.7 Å². The smallest absolute Gasteiger partial charge is 0.294 e. The lowest BCUT2D eigenvalue weighted by molar-refractivity contribution is -0.124. The highest BCUT2D eigenvalue weighted by atomic mass is 16.5. The molecule has 1 aromatic rings. The Morgan fingerprint density at radius 1 is 0.941 bits per heavy atom. The van der Waals surface area contributed by atoms with Crippen LogP contribution in [0.5, 0.6) is 5.75 Å². The van der Waals surface area contributed by atoms with Crippen molar-refractivity contribution in [2.45, 2.75) is 0 Å². The predicted octanol–water partition coefficient (Wildman–Crippen LogP) is 0.709. The molecule has 88 valence electrons. The number of imide groups is 1. The molecule has 1 N–H and O–H groups in total. The zero-order valence-electron chi connectivity index (χ0n) is 9.44. The first-order valence-corrected chi connectivity index (χ1v) is 4.95. The summed E-state index contributed by atoms with van der Waals surface area (Å²) in [6.07, 6.45) is 0. The topological polar surface area (TPSA) is 64.6 Å². The number of nitrogens with one attached hydrogen (secondary N) is 1.